The lowest BCUT2D eigenvalue weighted by Gasteiger charge is -2.34. The van der Waals surface area contributed by atoms with E-state index in [1.54, 1.807) is 12.1 Å². The Morgan fingerprint density at radius 2 is 2.20 bits per heavy atom. The summed E-state index contributed by atoms with van der Waals surface area (Å²) in [5.41, 5.74) is 1.33. The molecule has 1 aromatic carbocycles. The van der Waals surface area contributed by atoms with Crippen LogP contribution in [0.3, 0.4) is 0 Å². The number of nitrogens with one attached hydrogen (secondary N) is 1. The largest absolute Gasteiger partial charge is 0.478 e. The number of hydrogen-bond donors (Lipinski definition) is 2. The Labute approximate surface area is 120 Å². The molecular formula is C16H24N2O2. The lowest BCUT2D eigenvalue weighted by molar-refractivity contribution is 0.0694. The molecule has 1 aliphatic heterocycles. The Kier molecular flexibility index (Phi) is 5.15. The zero-order chi connectivity index (χ0) is 14.5. The summed E-state index contributed by atoms with van der Waals surface area (Å²) in [6, 6.07) is 7.82. The van der Waals surface area contributed by atoms with Gasteiger partial charge in [0.1, 0.15) is 0 Å². The number of carbonyl (C=O) groups is 1. The third-order valence-corrected chi connectivity index (χ3v) is 3.74. The summed E-state index contributed by atoms with van der Waals surface area (Å²) in [6.07, 6.45) is 1.16. The van der Waals surface area contributed by atoms with Crippen LogP contribution in [-0.4, -0.2) is 41.7 Å². The molecule has 2 rings (SSSR count). The van der Waals surface area contributed by atoms with Gasteiger partial charge in [0, 0.05) is 32.2 Å². The molecule has 1 fully saturated rings. The van der Waals surface area contributed by atoms with Crippen LogP contribution in [0.25, 0.3) is 0 Å². The number of rotatable bonds is 5. The van der Waals surface area contributed by atoms with Crippen molar-refractivity contribution in [2.45, 2.75) is 32.9 Å². The van der Waals surface area contributed by atoms with Crippen LogP contribution in [0.15, 0.2) is 24.3 Å². The highest BCUT2D eigenvalue weighted by Gasteiger charge is 2.21. The Morgan fingerprint density at radius 1 is 1.45 bits per heavy atom. The predicted molar refractivity (Wildman–Crippen MR) is 79.9 cm³/mol. The van der Waals surface area contributed by atoms with E-state index in [2.05, 4.69) is 24.1 Å². The summed E-state index contributed by atoms with van der Waals surface area (Å²) >= 11 is 0. The van der Waals surface area contributed by atoms with Crippen molar-refractivity contribution < 1.29 is 9.90 Å². The molecule has 0 saturated carbocycles. The maximum absolute atomic E-state index is 11.2. The third-order valence-electron chi connectivity index (χ3n) is 3.74. The standard InChI is InChI=1S/C16H24N2O2/c1-12(2)9-14-11-18(8-7-17-14)10-13-5-3-4-6-15(13)16(19)20/h3-6,12,14,17H,7-11H2,1-2H3,(H,19,20). The van der Waals surface area contributed by atoms with E-state index in [4.69, 9.17) is 0 Å². The zero-order valence-electron chi connectivity index (χ0n) is 12.3. The highest BCUT2D eigenvalue weighted by molar-refractivity contribution is 5.89. The van der Waals surface area contributed by atoms with Crippen LogP contribution in [0, 0.1) is 5.92 Å². The van der Waals surface area contributed by atoms with E-state index in [0.717, 1.165) is 38.2 Å². The molecule has 1 heterocycles. The Balaban J connectivity index is 2.01. The average molecular weight is 276 g/mol. The molecule has 0 aliphatic carbocycles. The number of piperazine rings is 1. The van der Waals surface area contributed by atoms with Crippen LogP contribution in [0.1, 0.15) is 36.2 Å². The Bertz CT molecular complexity index is 460. The molecule has 0 spiro atoms. The Morgan fingerprint density at radius 3 is 2.90 bits per heavy atom. The minimum atomic E-state index is -0.838. The second kappa shape index (κ2) is 6.86. The number of carboxylic acid groups (broad SMARTS) is 1. The molecule has 0 bridgehead atoms. The summed E-state index contributed by atoms with van der Waals surface area (Å²) in [4.78, 5) is 13.6. The zero-order valence-corrected chi connectivity index (χ0v) is 12.3. The van der Waals surface area contributed by atoms with Crippen LogP contribution in [0.4, 0.5) is 0 Å². The Hall–Kier alpha value is -1.39. The fourth-order valence-corrected chi connectivity index (χ4v) is 2.87. The van der Waals surface area contributed by atoms with Gasteiger partial charge in [-0.1, -0.05) is 32.0 Å². The normalized spacial score (nSPS) is 20.2. The van der Waals surface area contributed by atoms with Gasteiger partial charge in [-0.2, -0.15) is 0 Å². The average Bonchev–Trinajstić information content (AvgIpc) is 2.38. The van der Waals surface area contributed by atoms with E-state index in [-0.39, 0.29) is 0 Å². The smallest absolute Gasteiger partial charge is 0.336 e. The van der Waals surface area contributed by atoms with Crippen molar-refractivity contribution in [3.63, 3.8) is 0 Å². The molecule has 4 heteroatoms. The second-order valence-electron chi connectivity index (χ2n) is 5.98. The van der Waals surface area contributed by atoms with E-state index < -0.39 is 5.97 Å². The van der Waals surface area contributed by atoms with E-state index in [1.807, 2.05) is 12.1 Å². The summed E-state index contributed by atoms with van der Waals surface area (Å²) in [5.74, 6) is -0.159. The highest BCUT2D eigenvalue weighted by atomic mass is 16.4. The predicted octanol–water partition coefficient (Wildman–Crippen LogP) is 2.20. The molecule has 0 amide bonds. The third kappa shape index (κ3) is 4.05. The lowest BCUT2D eigenvalue weighted by atomic mass is 10.0. The van der Waals surface area contributed by atoms with Gasteiger partial charge < -0.3 is 10.4 Å². The first kappa shape index (κ1) is 15.0. The van der Waals surface area contributed by atoms with Gasteiger partial charge in [-0.25, -0.2) is 4.79 Å². The highest BCUT2D eigenvalue weighted by Crippen LogP contribution is 2.15. The summed E-state index contributed by atoms with van der Waals surface area (Å²) < 4.78 is 0. The van der Waals surface area contributed by atoms with Crippen molar-refractivity contribution in [3.05, 3.63) is 35.4 Å². The van der Waals surface area contributed by atoms with Crippen molar-refractivity contribution >= 4 is 5.97 Å². The van der Waals surface area contributed by atoms with Gasteiger partial charge in [0.25, 0.3) is 0 Å². The maximum atomic E-state index is 11.2. The van der Waals surface area contributed by atoms with Crippen molar-refractivity contribution in [3.8, 4) is 0 Å². The SMILES string of the molecule is CC(C)CC1CN(Cc2ccccc2C(=O)O)CCN1. The van der Waals surface area contributed by atoms with Crippen LogP contribution in [0.2, 0.25) is 0 Å². The van der Waals surface area contributed by atoms with Crippen molar-refractivity contribution in [1.82, 2.24) is 10.2 Å². The molecule has 0 radical (unpaired) electrons. The second-order valence-corrected chi connectivity index (χ2v) is 5.98. The summed E-state index contributed by atoms with van der Waals surface area (Å²) in [7, 11) is 0. The molecule has 20 heavy (non-hydrogen) atoms. The van der Waals surface area contributed by atoms with Crippen LogP contribution >= 0.6 is 0 Å². The van der Waals surface area contributed by atoms with Gasteiger partial charge in [-0.05, 0) is 24.0 Å². The molecule has 1 unspecified atom stereocenters. The summed E-state index contributed by atoms with van der Waals surface area (Å²) in [5, 5.41) is 12.8. The topological polar surface area (TPSA) is 52.6 Å². The fraction of sp³-hybridized carbons (Fsp3) is 0.562. The van der Waals surface area contributed by atoms with Crippen molar-refractivity contribution in [2.24, 2.45) is 5.92 Å². The van der Waals surface area contributed by atoms with Gasteiger partial charge in [0.05, 0.1) is 5.56 Å². The van der Waals surface area contributed by atoms with Crippen molar-refractivity contribution in [1.29, 1.82) is 0 Å². The van der Waals surface area contributed by atoms with Gasteiger partial charge >= 0.3 is 5.97 Å². The molecule has 1 aliphatic rings. The molecule has 0 aromatic heterocycles. The molecule has 110 valence electrons. The number of aromatic carboxylic acids is 1. The number of hydrogen-bond acceptors (Lipinski definition) is 3. The van der Waals surface area contributed by atoms with Gasteiger partial charge in [0.2, 0.25) is 0 Å². The van der Waals surface area contributed by atoms with E-state index in [1.165, 1.54) is 0 Å². The first-order valence-electron chi connectivity index (χ1n) is 7.33. The maximum Gasteiger partial charge on any atom is 0.336 e. The molecular weight excluding hydrogens is 252 g/mol. The van der Waals surface area contributed by atoms with E-state index in [9.17, 15) is 9.90 Å². The van der Waals surface area contributed by atoms with E-state index in [0.29, 0.717) is 17.5 Å². The molecule has 1 saturated heterocycles. The minimum Gasteiger partial charge on any atom is -0.478 e. The number of nitrogens with zero attached hydrogens (tertiary/aromatic N) is 1. The molecule has 1 aromatic rings. The minimum absolute atomic E-state index is 0.423. The summed E-state index contributed by atoms with van der Waals surface area (Å²) in [6.45, 7) is 8.14. The first-order chi connectivity index (χ1) is 9.56. The fourth-order valence-electron chi connectivity index (χ4n) is 2.87. The first-order valence-corrected chi connectivity index (χ1v) is 7.33. The van der Waals surface area contributed by atoms with E-state index >= 15 is 0 Å². The molecule has 2 N–H and O–H groups in total. The quantitative estimate of drug-likeness (QED) is 0.865. The van der Waals surface area contributed by atoms with Crippen LogP contribution in [-0.2, 0) is 6.54 Å². The monoisotopic (exact) mass is 276 g/mol. The lowest BCUT2D eigenvalue weighted by Crippen LogP contribution is -2.50. The van der Waals surface area contributed by atoms with Gasteiger partial charge in [-0.15, -0.1) is 0 Å². The number of benzene rings is 1. The van der Waals surface area contributed by atoms with Gasteiger partial charge in [0.15, 0.2) is 0 Å². The number of carboxylic acids is 1. The van der Waals surface area contributed by atoms with Crippen LogP contribution in [0.5, 0.6) is 0 Å². The van der Waals surface area contributed by atoms with Crippen molar-refractivity contribution in [2.75, 3.05) is 19.6 Å². The molecule has 1 atom stereocenters. The molecule has 4 nitrogen and oxygen atoms in total. The van der Waals surface area contributed by atoms with Gasteiger partial charge in [-0.3, -0.25) is 4.90 Å². The van der Waals surface area contributed by atoms with Crippen LogP contribution < -0.4 is 5.32 Å².